The van der Waals surface area contributed by atoms with Gasteiger partial charge in [0.1, 0.15) is 60.4 Å². The van der Waals surface area contributed by atoms with E-state index < -0.39 is 197 Å². The predicted molar refractivity (Wildman–Crippen MR) is 420 cm³/mol. The molecule has 0 spiro atoms. The van der Waals surface area contributed by atoms with Crippen LogP contribution in [-0.2, 0) is 89.9 Å². The van der Waals surface area contributed by atoms with Gasteiger partial charge >= 0.3 is 0 Å². The van der Waals surface area contributed by atoms with Crippen LogP contribution < -0.4 is 26.0 Å². The normalized spacial score (nSPS) is 23.9. The Morgan fingerprint density at radius 2 is 1.00 bits per heavy atom. The molecule has 10 atom stereocenters. The monoisotopic (exact) mass is 1560 g/mol. The molecule has 0 bridgehead atoms. The molecule has 616 valence electrons. The van der Waals surface area contributed by atoms with Crippen molar-refractivity contribution in [3.63, 3.8) is 0 Å². The van der Waals surface area contributed by atoms with Crippen LogP contribution in [-0.4, -0.2) is 272 Å². The lowest BCUT2D eigenvalue weighted by molar-refractivity contribution is -0.153. The Balaban J connectivity index is 2.09. The summed E-state index contributed by atoms with van der Waals surface area (Å²) in [6.45, 7) is 24.5. The number of amides is 13. The van der Waals surface area contributed by atoms with Crippen LogP contribution in [0, 0.1) is 29.6 Å². The summed E-state index contributed by atoms with van der Waals surface area (Å²) < 4.78 is 33.0. The Bertz CT molecular complexity index is 3570. The van der Waals surface area contributed by atoms with E-state index in [4.69, 9.17) is 4.74 Å². The van der Waals surface area contributed by atoms with Crippen molar-refractivity contribution in [1.82, 2.24) is 65.2 Å². The van der Waals surface area contributed by atoms with Gasteiger partial charge < -0.3 is 65.2 Å². The fraction of sp³-hybridized carbons (Fsp3) is 0.688. The van der Waals surface area contributed by atoms with Crippen molar-refractivity contribution in [2.24, 2.45) is 29.6 Å². The van der Waals surface area contributed by atoms with Gasteiger partial charge in [0, 0.05) is 81.2 Å². The molecule has 5 N–H and O–H groups in total. The van der Waals surface area contributed by atoms with E-state index in [9.17, 15) is 22.8 Å². The molecular formula is C80H129N13O16S. The fourth-order valence-corrected chi connectivity index (χ4v) is 14.3. The smallest absolute Gasteiger partial charge is 0.247 e. The van der Waals surface area contributed by atoms with Crippen molar-refractivity contribution in [3.8, 4) is 0 Å². The van der Waals surface area contributed by atoms with Gasteiger partial charge in [0.25, 0.3) is 0 Å². The maximum Gasteiger partial charge on any atom is 0.247 e. The summed E-state index contributed by atoms with van der Waals surface area (Å²) in [5.74, 6) is -12.3. The van der Waals surface area contributed by atoms with E-state index in [1.54, 1.807) is 128 Å². The summed E-state index contributed by atoms with van der Waals surface area (Å²) in [7, 11) is 4.06. The van der Waals surface area contributed by atoms with Crippen molar-refractivity contribution in [2.75, 3.05) is 81.3 Å². The second-order valence-corrected chi connectivity index (χ2v) is 34.5. The highest BCUT2D eigenvalue weighted by molar-refractivity contribution is 7.89. The average molecular weight is 1560 g/mol. The summed E-state index contributed by atoms with van der Waals surface area (Å²) in [5.41, 5.74) is 0.305. The molecule has 0 radical (unpaired) electrons. The molecule has 2 heterocycles. The first-order chi connectivity index (χ1) is 51.3. The maximum atomic E-state index is 15.7. The molecule has 0 aromatic heterocycles. The number of sulfonamides is 1. The molecule has 29 nitrogen and oxygen atoms in total. The SMILES string of the molecule is CCCCN1CC(=O)N(C)[C@@H](CC(C)C)C(=O)N[C@@H](COC(C)(C)C)C(=O)N(C)[C@@H](Cc2ccccc2)C(=O)N(C)[C@@H](C(C)C)C(=O)N[C@H](C(=O)N2CCCCC2)CC(=O)N[C@H](C(C)C)C(=O)N(C)[C@@H](Cc2ccccc2)C(=O)N(C)[C@@H](CCC(=O)NS(C)(=O)=O)C(=O)N(C)[C@@H](CC(C)C)C(=O)N[C@@H](CC(C)C)C1=O. The third kappa shape index (κ3) is 28.6. The fourth-order valence-electron chi connectivity index (χ4n) is 13.8. The number of carbonyl (C=O) groups is 13. The Morgan fingerprint density at radius 1 is 0.536 bits per heavy atom. The lowest BCUT2D eigenvalue weighted by Gasteiger charge is -2.39. The zero-order valence-corrected chi connectivity index (χ0v) is 70.0. The Morgan fingerprint density at radius 3 is 1.47 bits per heavy atom. The van der Waals surface area contributed by atoms with E-state index in [-0.39, 0.29) is 56.4 Å². The van der Waals surface area contributed by atoms with Gasteiger partial charge in [-0.1, -0.05) is 143 Å². The van der Waals surface area contributed by atoms with Crippen LogP contribution in [0.15, 0.2) is 60.7 Å². The molecule has 0 aliphatic carbocycles. The second kappa shape index (κ2) is 43.3. The summed E-state index contributed by atoms with van der Waals surface area (Å²) in [6.07, 6.45) is 1.83. The molecule has 2 aliphatic rings. The van der Waals surface area contributed by atoms with Gasteiger partial charge in [-0.25, -0.2) is 8.42 Å². The molecule has 2 aromatic carbocycles. The first-order valence-electron chi connectivity index (χ1n) is 38.9. The minimum Gasteiger partial charge on any atom is -0.373 e. The molecule has 2 aromatic rings. The number of ether oxygens (including phenoxy) is 1. The van der Waals surface area contributed by atoms with Gasteiger partial charge in [-0.2, -0.15) is 0 Å². The number of benzene rings is 2. The quantitative estimate of drug-likeness (QED) is 0.108. The first kappa shape index (κ1) is 93.8. The van der Waals surface area contributed by atoms with E-state index in [0.717, 1.165) is 27.4 Å². The van der Waals surface area contributed by atoms with E-state index in [1.165, 1.54) is 61.9 Å². The van der Waals surface area contributed by atoms with E-state index in [1.807, 2.05) is 39.3 Å². The third-order valence-corrected chi connectivity index (χ3v) is 20.7. The highest BCUT2D eigenvalue weighted by atomic mass is 32.2. The first-order valence-corrected chi connectivity index (χ1v) is 40.8. The number of rotatable bonds is 22. The molecule has 0 saturated carbocycles. The zero-order chi connectivity index (χ0) is 83.0. The largest absolute Gasteiger partial charge is 0.373 e. The summed E-state index contributed by atoms with van der Waals surface area (Å²) in [4.78, 5) is 207. The third-order valence-electron chi connectivity index (χ3n) is 20.1. The molecule has 2 saturated heterocycles. The van der Waals surface area contributed by atoms with E-state index >= 15 is 47.9 Å². The number of unbranched alkanes of at least 4 members (excludes halogenated alkanes) is 1. The van der Waals surface area contributed by atoms with Crippen molar-refractivity contribution < 1.29 is 75.5 Å². The van der Waals surface area contributed by atoms with Crippen LogP contribution in [0.25, 0.3) is 0 Å². The Labute approximate surface area is 653 Å². The summed E-state index contributed by atoms with van der Waals surface area (Å²) >= 11 is 0. The van der Waals surface area contributed by atoms with Crippen LogP contribution in [0.3, 0.4) is 0 Å². The van der Waals surface area contributed by atoms with Gasteiger partial charge in [-0.05, 0) is 113 Å². The van der Waals surface area contributed by atoms with Crippen LogP contribution in [0.2, 0.25) is 0 Å². The standard InChI is InChI=1S/C80H129N13O16S/c1-22-23-39-93-48-67(96)86(15)61(43-51(4)5)70(97)83-59(49-109-80(12,13)14)73(100)89(18)64(46-56-35-29-25-30-36-56)78(105)91(20)69(54(10)11)72(99)82-58(74(101)92-40-31-26-32-41-92)47-66(95)84-68(53(8)9)79(106)90(19)63(45-55-33-27-24-28-34-55)77(104)87(16)60(37-38-65(94)85-110(21,107)108)76(103)88(17)62(44-52(6)7)71(98)81-57(75(93)102)42-50(2)3/h24-25,27-30,33-36,50-54,57-64,68-69H,22-23,26,31-32,37-49H2,1-21H3,(H,81,98)(H,82,99)(H,83,97)(H,84,95)(H,85,94)/t57-,58-,59-,60-,61-,62-,63-,64-,68+,69-/m0/s1. The Hall–Kier alpha value is -8.54. The van der Waals surface area contributed by atoms with Gasteiger partial charge in [0.2, 0.25) is 86.8 Å². The number of piperidine rings is 1. The minimum atomic E-state index is -4.13. The lowest BCUT2D eigenvalue weighted by Crippen LogP contribution is -2.62. The van der Waals surface area contributed by atoms with E-state index in [2.05, 4.69) is 21.3 Å². The average Bonchev–Trinajstić information content (AvgIpc) is 0.814. The van der Waals surface area contributed by atoms with Gasteiger partial charge in [-0.15, -0.1) is 0 Å². The van der Waals surface area contributed by atoms with Gasteiger partial charge in [0.05, 0.1) is 31.4 Å². The molecule has 30 heteroatoms. The van der Waals surface area contributed by atoms with Crippen LogP contribution in [0.5, 0.6) is 0 Å². The lowest BCUT2D eigenvalue weighted by atomic mass is 9.96. The van der Waals surface area contributed by atoms with E-state index in [0.29, 0.717) is 49.9 Å². The highest BCUT2D eigenvalue weighted by Gasteiger charge is 2.45. The van der Waals surface area contributed by atoms with Crippen LogP contribution in [0.4, 0.5) is 0 Å². The molecular weight excluding hydrogens is 1430 g/mol. The number of likely N-dealkylation sites (N-methyl/N-ethyl adjacent to an activating group) is 6. The van der Waals surface area contributed by atoms with Crippen LogP contribution in [0.1, 0.15) is 179 Å². The van der Waals surface area contributed by atoms with Crippen LogP contribution >= 0.6 is 0 Å². The maximum absolute atomic E-state index is 15.7. The topological polar surface area (TPSA) is 351 Å². The molecule has 13 amide bonds. The number of likely N-dealkylation sites (tertiary alicyclic amines) is 1. The second-order valence-electron chi connectivity index (χ2n) is 32.7. The molecule has 0 unspecified atom stereocenters. The number of nitrogens with zero attached hydrogens (tertiary/aromatic N) is 8. The molecule has 2 fully saturated rings. The zero-order valence-electron chi connectivity index (χ0n) is 69.2. The summed E-state index contributed by atoms with van der Waals surface area (Å²) in [5, 5.41) is 11.4. The van der Waals surface area contributed by atoms with Crippen molar-refractivity contribution in [2.45, 2.75) is 246 Å². The number of hydrogen-bond donors (Lipinski definition) is 5. The predicted octanol–water partition coefficient (Wildman–Crippen LogP) is 4.54. The molecule has 2 aliphatic heterocycles. The van der Waals surface area contributed by atoms with Crippen molar-refractivity contribution >= 4 is 86.8 Å². The van der Waals surface area contributed by atoms with Gasteiger partial charge in [-0.3, -0.25) is 67.1 Å². The number of hydrogen-bond acceptors (Lipinski definition) is 16. The summed E-state index contributed by atoms with van der Waals surface area (Å²) in [6, 6.07) is 3.18. The number of carbonyl (C=O) groups excluding carboxylic acids is 13. The van der Waals surface area contributed by atoms with Crippen molar-refractivity contribution in [1.29, 1.82) is 0 Å². The van der Waals surface area contributed by atoms with Crippen molar-refractivity contribution in [3.05, 3.63) is 71.8 Å². The van der Waals surface area contributed by atoms with Gasteiger partial charge in [0.15, 0.2) is 0 Å². The molecule has 110 heavy (non-hydrogen) atoms. The Kier molecular flexibility index (Phi) is 37.0. The number of nitrogens with one attached hydrogen (secondary N) is 5. The highest BCUT2D eigenvalue weighted by Crippen LogP contribution is 2.25. The molecule has 4 rings (SSSR count). The minimum absolute atomic E-state index is 0.0132.